The summed E-state index contributed by atoms with van der Waals surface area (Å²) in [5, 5.41) is 8.72. The van der Waals surface area contributed by atoms with Crippen LogP contribution in [0.4, 0.5) is 5.69 Å². The van der Waals surface area contributed by atoms with Crippen molar-refractivity contribution >= 4 is 23.4 Å². The molecule has 8 heteroatoms. The Hall–Kier alpha value is -3.00. The predicted octanol–water partition coefficient (Wildman–Crippen LogP) is 3.72. The molecule has 0 spiro atoms. The van der Waals surface area contributed by atoms with Gasteiger partial charge in [-0.3, -0.25) is 4.79 Å². The molecule has 3 aromatic rings. The van der Waals surface area contributed by atoms with E-state index in [4.69, 9.17) is 10.6 Å². The van der Waals surface area contributed by atoms with Crippen LogP contribution in [0.5, 0.6) is 5.75 Å². The van der Waals surface area contributed by atoms with Crippen LogP contribution in [-0.4, -0.2) is 32.6 Å². The molecular weight excluding hydrogens is 398 g/mol. The molecule has 0 radical (unpaired) electrons. The van der Waals surface area contributed by atoms with E-state index in [-0.39, 0.29) is 24.3 Å². The number of para-hydroxylation sites is 2. The fraction of sp³-hybridized carbons (Fsp3) is 0.318. The Labute approximate surface area is 181 Å². The highest BCUT2D eigenvalue weighted by Crippen LogP contribution is 2.24. The van der Waals surface area contributed by atoms with E-state index in [1.165, 1.54) is 16.4 Å². The Kier molecular flexibility index (Phi) is 6.99. The standard InChI is InChI=1S/C22H27N5O2S/c1-15(2)26(18-11-6-5-7-12-18)20(28)14-30-22-25-24-19(27(22)23)13-29-21-16(3)9-8-10-17(21)4/h5-12,15H,13-14,23H2,1-4H3. The van der Waals surface area contributed by atoms with Crippen molar-refractivity contribution in [2.45, 2.75) is 45.5 Å². The van der Waals surface area contributed by atoms with Crippen LogP contribution in [-0.2, 0) is 11.4 Å². The molecule has 158 valence electrons. The average molecular weight is 426 g/mol. The minimum absolute atomic E-state index is 0.0162. The van der Waals surface area contributed by atoms with Crippen molar-refractivity contribution < 1.29 is 9.53 Å². The van der Waals surface area contributed by atoms with Gasteiger partial charge in [-0.15, -0.1) is 10.2 Å². The highest BCUT2D eigenvalue weighted by atomic mass is 32.2. The van der Waals surface area contributed by atoms with Crippen molar-refractivity contribution in [3.8, 4) is 5.75 Å². The molecule has 0 aliphatic heterocycles. The van der Waals surface area contributed by atoms with Gasteiger partial charge in [0, 0.05) is 11.7 Å². The first-order valence-corrected chi connectivity index (χ1v) is 10.7. The van der Waals surface area contributed by atoms with Crippen molar-refractivity contribution in [2.75, 3.05) is 16.5 Å². The van der Waals surface area contributed by atoms with Gasteiger partial charge in [0.25, 0.3) is 0 Å². The van der Waals surface area contributed by atoms with E-state index in [0.29, 0.717) is 11.0 Å². The zero-order chi connectivity index (χ0) is 21.7. The number of benzene rings is 2. The molecule has 7 nitrogen and oxygen atoms in total. The minimum atomic E-state index is -0.0162. The summed E-state index contributed by atoms with van der Waals surface area (Å²) >= 11 is 1.26. The molecule has 2 aromatic carbocycles. The molecule has 1 aromatic heterocycles. The van der Waals surface area contributed by atoms with Crippen LogP contribution in [0, 0.1) is 13.8 Å². The number of nitrogen functional groups attached to an aromatic ring is 1. The SMILES string of the molecule is Cc1cccc(C)c1OCc1nnc(SCC(=O)N(c2ccccc2)C(C)C)n1N. The van der Waals surface area contributed by atoms with Gasteiger partial charge in [-0.25, -0.2) is 4.68 Å². The van der Waals surface area contributed by atoms with Crippen LogP contribution in [0.15, 0.2) is 53.7 Å². The van der Waals surface area contributed by atoms with Crippen molar-refractivity contribution in [1.29, 1.82) is 0 Å². The average Bonchev–Trinajstić information content (AvgIpc) is 3.06. The number of ether oxygens (including phenoxy) is 1. The largest absolute Gasteiger partial charge is 0.485 e. The van der Waals surface area contributed by atoms with Gasteiger partial charge in [-0.1, -0.05) is 48.2 Å². The molecule has 0 aliphatic rings. The number of rotatable bonds is 8. The summed E-state index contributed by atoms with van der Waals surface area (Å²) in [7, 11) is 0. The Morgan fingerprint density at radius 2 is 1.77 bits per heavy atom. The number of nitrogens with zero attached hydrogens (tertiary/aromatic N) is 4. The highest BCUT2D eigenvalue weighted by molar-refractivity contribution is 7.99. The van der Waals surface area contributed by atoms with E-state index < -0.39 is 0 Å². The Morgan fingerprint density at radius 1 is 1.10 bits per heavy atom. The zero-order valence-electron chi connectivity index (χ0n) is 17.7. The molecular formula is C22H27N5O2S. The highest BCUT2D eigenvalue weighted by Gasteiger charge is 2.21. The van der Waals surface area contributed by atoms with E-state index >= 15 is 0 Å². The molecule has 0 bridgehead atoms. The van der Waals surface area contributed by atoms with E-state index in [2.05, 4.69) is 10.2 Å². The van der Waals surface area contributed by atoms with Gasteiger partial charge in [0.2, 0.25) is 11.1 Å². The van der Waals surface area contributed by atoms with Crippen LogP contribution in [0.1, 0.15) is 30.8 Å². The Balaban J connectivity index is 1.64. The normalized spacial score (nSPS) is 11.0. The third-order valence-electron chi connectivity index (χ3n) is 4.63. The van der Waals surface area contributed by atoms with E-state index in [1.807, 2.05) is 76.2 Å². The Bertz CT molecular complexity index is 984. The molecule has 0 atom stereocenters. The minimum Gasteiger partial charge on any atom is -0.485 e. The molecule has 0 unspecified atom stereocenters. The van der Waals surface area contributed by atoms with Crippen molar-refractivity contribution in [1.82, 2.24) is 14.9 Å². The van der Waals surface area contributed by atoms with Crippen molar-refractivity contribution in [2.24, 2.45) is 0 Å². The summed E-state index contributed by atoms with van der Waals surface area (Å²) in [5.74, 6) is 7.65. The third-order valence-corrected chi connectivity index (χ3v) is 5.56. The molecule has 2 N–H and O–H groups in total. The fourth-order valence-electron chi connectivity index (χ4n) is 3.18. The summed E-state index contributed by atoms with van der Waals surface area (Å²) in [6, 6.07) is 15.6. The molecule has 30 heavy (non-hydrogen) atoms. The van der Waals surface area contributed by atoms with Crippen LogP contribution in [0.2, 0.25) is 0 Å². The smallest absolute Gasteiger partial charge is 0.237 e. The van der Waals surface area contributed by atoms with Gasteiger partial charge in [0.05, 0.1) is 5.75 Å². The summed E-state index contributed by atoms with van der Waals surface area (Å²) in [6.45, 7) is 8.17. The van der Waals surface area contributed by atoms with E-state index in [1.54, 1.807) is 4.90 Å². The molecule has 1 heterocycles. The lowest BCUT2D eigenvalue weighted by atomic mass is 10.1. The van der Waals surface area contributed by atoms with Crippen molar-refractivity contribution in [3.05, 3.63) is 65.5 Å². The first-order chi connectivity index (χ1) is 14.4. The van der Waals surface area contributed by atoms with Gasteiger partial charge < -0.3 is 15.5 Å². The predicted molar refractivity (Wildman–Crippen MR) is 120 cm³/mol. The van der Waals surface area contributed by atoms with Crippen LogP contribution in [0.25, 0.3) is 0 Å². The monoisotopic (exact) mass is 425 g/mol. The lowest BCUT2D eigenvalue weighted by Gasteiger charge is -2.26. The number of anilines is 1. The first kappa shape index (κ1) is 21.7. The molecule has 0 saturated heterocycles. The van der Waals surface area contributed by atoms with Crippen LogP contribution in [0.3, 0.4) is 0 Å². The van der Waals surface area contributed by atoms with Crippen molar-refractivity contribution in [3.63, 3.8) is 0 Å². The molecule has 0 saturated carbocycles. The lowest BCUT2D eigenvalue weighted by molar-refractivity contribution is -0.116. The van der Waals surface area contributed by atoms with E-state index in [0.717, 1.165) is 22.6 Å². The first-order valence-electron chi connectivity index (χ1n) is 9.76. The second-order valence-electron chi connectivity index (χ2n) is 7.26. The number of hydrogen-bond donors (Lipinski definition) is 1. The number of aromatic nitrogens is 3. The van der Waals surface area contributed by atoms with Gasteiger partial charge in [0.15, 0.2) is 5.82 Å². The third kappa shape index (κ3) is 4.94. The maximum Gasteiger partial charge on any atom is 0.237 e. The summed E-state index contributed by atoms with van der Waals surface area (Å²) in [5.41, 5.74) is 2.97. The second kappa shape index (κ2) is 9.67. The quantitative estimate of drug-likeness (QED) is 0.437. The summed E-state index contributed by atoms with van der Waals surface area (Å²) in [6.07, 6.45) is 0. The zero-order valence-corrected chi connectivity index (χ0v) is 18.5. The number of amides is 1. The lowest BCUT2D eigenvalue weighted by Crippen LogP contribution is -2.38. The van der Waals surface area contributed by atoms with Gasteiger partial charge in [0.1, 0.15) is 12.4 Å². The molecule has 3 rings (SSSR count). The Morgan fingerprint density at radius 3 is 2.40 bits per heavy atom. The topological polar surface area (TPSA) is 86.3 Å². The number of aryl methyl sites for hydroxylation is 2. The number of carbonyl (C=O) groups excluding carboxylic acids is 1. The molecule has 0 aliphatic carbocycles. The van der Waals surface area contributed by atoms with Gasteiger partial charge in [-0.05, 0) is 51.0 Å². The number of thioether (sulfide) groups is 1. The molecule has 0 fully saturated rings. The number of hydrogen-bond acceptors (Lipinski definition) is 6. The maximum absolute atomic E-state index is 12.8. The number of carbonyl (C=O) groups is 1. The van der Waals surface area contributed by atoms with Crippen LogP contribution < -0.4 is 15.5 Å². The van der Waals surface area contributed by atoms with E-state index in [9.17, 15) is 4.79 Å². The molecule has 1 amide bonds. The fourth-order valence-corrected chi connectivity index (χ4v) is 3.92. The van der Waals surface area contributed by atoms with Crippen LogP contribution >= 0.6 is 11.8 Å². The van der Waals surface area contributed by atoms with Gasteiger partial charge in [-0.2, -0.15) is 0 Å². The second-order valence-corrected chi connectivity index (χ2v) is 8.20. The van der Waals surface area contributed by atoms with Gasteiger partial charge >= 0.3 is 0 Å². The number of nitrogens with two attached hydrogens (primary N) is 1. The maximum atomic E-state index is 12.8. The summed E-state index contributed by atoms with van der Waals surface area (Å²) in [4.78, 5) is 14.6. The summed E-state index contributed by atoms with van der Waals surface area (Å²) < 4.78 is 7.30.